The summed E-state index contributed by atoms with van der Waals surface area (Å²) in [6.07, 6.45) is 9.18. The van der Waals surface area contributed by atoms with Crippen molar-refractivity contribution in [3.05, 3.63) is 11.6 Å². The number of aliphatic hydroxyl groups is 2. The Bertz CT molecular complexity index is 970. The first-order chi connectivity index (χ1) is 16.1. The molecule has 0 radical (unpaired) electrons. The molecule has 10 atom stereocenters. The maximum Gasteiger partial charge on any atom is 0.310 e. The van der Waals surface area contributed by atoms with Crippen LogP contribution in [-0.2, 0) is 9.59 Å². The van der Waals surface area contributed by atoms with Gasteiger partial charge in [-0.1, -0.05) is 53.2 Å². The van der Waals surface area contributed by atoms with E-state index >= 15 is 0 Å². The van der Waals surface area contributed by atoms with Crippen molar-refractivity contribution in [1.82, 2.24) is 0 Å². The van der Waals surface area contributed by atoms with E-state index in [4.69, 9.17) is 0 Å². The second kappa shape index (κ2) is 7.43. The quantitative estimate of drug-likeness (QED) is 0.360. The van der Waals surface area contributed by atoms with Crippen LogP contribution in [0.2, 0.25) is 0 Å². The fraction of sp³-hybridized carbons (Fsp3) is 0.867. The van der Waals surface area contributed by atoms with E-state index < -0.39 is 29.0 Å². The molecule has 5 rings (SSSR count). The van der Waals surface area contributed by atoms with Gasteiger partial charge in [0.15, 0.2) is 0 Å². The normalized spacial score (nSPS) is 54.9. The summed E-state index contributed by atoms with van der Waals surface area (Å²) in [6, 6.07) is 0. The molecule has 0 aliphatic heterocycles. The standard InChI is InChI=1S/C30H46O5/c1-25(2)15-19-18-7-8-21-26(3)11-10-22(32)27(4,17-31)20(26)9-12-29(21,6)28(18,5)13-14-30(19,24(34)35)16-23(25)33/h7,17,19-23,32-33H,8-16H2,1-6H3,(H,34,35)/t19-,20-,21-,22-,23-,26-,27-,28+,29+,30+/m0/s1. The van der Waals surface area contributed by atoms with Gasteiger partial charge in [0, 0.05) is 0 Å². The number of carboxylic acid groups (broad SMARTS) is 1. The SMILES string of the molecule is CC1(C)C[C@H]2C3=CC[C@H]4[C@@]5(C)CC[C@H](O)[C@@](C)(C=O)[C@H]5CC[C@@]4(C)[C@]3(C)CC[C@@]2(C(=O)O)C[C@@H]1O. The van der Waals surface area contributed by atoms with Gasteiger partial charge in [-0.05, 0) is 97.2 Å². The molecule has 4 fully saturated rings. The van der Waals surface area contributed by atoms with E-state index in [1.165, 1.54) is 5.57 Å². The lowest BCUT2D eigenvalue weighted by atomic mass is 9.33. The molecule has 0 saturated heterocycles. The monoisotopic (exact) mass is 486 g/mol. The number of rotatable bonds is 2. The van der Waals surface area contributed by atoms with E-state index in [9.17, 15) is 24.9 Å². The minimum Gasteiger partial charge on any atom is -0.481 e. The molecule has 5 aliphatic carbocycles. The van der Waals surface area contributed by atoms with Crippen LogP contribution >= 0.6 is 0 Å². The fourth-order valence-electron chi connectivity index (χ4n) is 10.5. The van der Waals surface area contributed by atoms with Crippen molar-refractivity contribution >= 4 is 12.3 Å². The Kier molecular flexibility index (Phi) is 5.40. The number of allylic oxidation sites excluding steroid dienone is 2. The number of fused-ring (bicyclic) bond motifs is 7. The van der Waals surface area contributed by atoms with Crippen molar-refractivity contribution in [2.45, 2.75) is 112 Å². The van der Waals surface area contributed by atoms with Gasteiger partial charge in [0.2, 0.25) is 0 Å². The van der Waals surface area contributed by atoms with E-state index in [-0.39, 0.29) is 33.5 Å². The van der Waals surface area contributed by atoms with Gasteiger partial charge in [0.25, 0.3) is 0 Å². The molecule has 0 bridgehead atoms. The van der Waals surface area contributed by atoms with Gasteiger partial charge in [0.05, 0.1) is 23.0 Å². The second-order valence-corrected chi connectivity index (χ2v) is 14.8. The highest BCUT2D eigenvalue weighted by molar-refractivity contribution is 5.77. The average molecular weight is 487 g/mol. The van der Waals surface area contributed by atoms with Gasteiger partial charge >= 0.3 is 5.97 Å². The van der Waals surface area contributed by atoms with Gasteiger partial charge < -0.3 is 20.1 Å². The highest BCUT2D eigenvalue weighted by Gasteiger charge is 2.70. The number of carboxylic acids is 1. The molecule has 5 nitrogen and oxygen atoms in total. The van der Waals surface area contributed by atoms with Gasteiger partial charge in [-0.15, -0.1) is 0 Å². The molecule has 0 aromatic rings. The summed E-state index contributed by atoms with van der Waals surface area (Å²) in [4.78, 5) is 25.1. The molecule has 196 valence electrons. The number of carbonyl (C=O) groups is 2. The Morgan fingerprint density at radius 2 is 1.60 bits per heavy atom. The zero-order valence-electron chi connectivity index (χ0n) is 22.6. The van der Waals surface area contributed by atoms with E-state index in [2.05, 4.69) is 40.7 Å². The molecule has 0 spiro atoms. The fourth-order valence-corrected chi connectivity index (χ4v) is 10.5. The molecule has 0 aromatic carbocycles. The Hall–Kier alpha value is -1.20. The summed E-state index contributed by atoms with van der Waals surface area (Å²) in [6.45, 7) is 13.4. The minimum atomic E-state index is -0.879. The number of carbonyl (C=O) groups excluding carboxylic acids is 1. The zero-order valence-corrected chi connectivity index (χ0v) is 22.6. The van der Waals surface area contributed by atoms with Gasteiger partial charge in [-0.2, -0.15) is 0 Å². The number of aliphatic hydroxyl groups excluding tert-OH is 2. The first-order valence-electron chi connectivity index (χ1n) is 13.9. The zero-order chi connectivity index (χ0) is 25.8. The van der Waals surface area contributed by atoms with Crippen molar-refractivity contribution in [1.29, 1.82) is 0 Å². The summed E-state index contributed by atoms with van der Waals surface area (Å²) in [5.74, 6) is -0.230. The third kappa shape index (κ3) is 2.94. The van der Waals surface area contributed by atoms with Crippen LogP contribution in [0.1, 0.15) is 99.3 Å². The molecule has 0 unspecified atom stereocenters. The molecule has 0 aromatic heterocycles. The van der Waals surface area contributed by atoms with Crippen LogP contribution in [0.3, 0.4) is 0 Å². The molecule has 3 N–H and O–H groups in total. The third-order valence-electron chi connectivity index (χ3n) is 13.2. The number of aliphatic carboxylic acids is 1. The summed E-state index contributed by atoms with van der Waals surface area (Å²) in [5, 5.41) is 32.2. The van der Waals surface area contributed by atoms with Crippen LogP contribution in [-0.4, -0.2) is 39.8 Å². The molecule has 35 heavy (non-hydrogen) atoms. The second-order valence-electron chi connectivity index (χ2n) is 14.8. The molecule has 4 saturated carbocycles. The van der Waals surface area contributed by atoms with E-state index in [1.807, 2.05) is 6.92 Å². The summed E-state index contributed by atoms with van der Waals surface area (Å²) in [5.41, 5.74) is -0.672. The first-order valence-corrected chi connectivity index (χ1v) is 13.9. The summed E-state index contributed by atoms with van der Waals surface area (Å²) < 4.78 is 0. The van der Waals surface area contributed by atoms with Crippen molar-refractivity contribution in [2.75, 3.05) is 0 Å². The smallest absolute Gasteiger partial charge is 0.310 e. The van der Waals surface area contributed by atoms with Gasteiger partial charge in [0.1, 0.15) is 6.29 Å². The maximum atomic E-state index is 12.8. The van der Waals surface area contributed by atoms with Crippen LogP contribution in [0.15, 0.2) is 11.6 Å². The van der Waals surface area contributed by atoms with Gasteiger partial charge in [-0.3, -0.25) is 4.79 Å². The Morgan fingerprint density at radius 3 is 2.23 bits per heavy atom. The summed E-state index contributed by atoms with van der Waals surface area (Å²) in [7, 11) is 0. The lowest BCUT2D eigenvalue weighted by Gasteiger charge is -2.71. The van der Waals surface area contributed by atoms with Crippen LogP contribution in [0.5, 0.6) is 0 Å². The lowest BCUT2D eigenvalue weighted by molar-refractivity contribution is -0.207. The predicted octanol–water partition coefficient (Wildman–Crippen LogP) is 5.38. The van der Waals surface area contributed by atoms with E-state index in [0.717, 1.165) is 38.4 Å². The lowest BCUT2D eigenvalue weighted by Crippen LogP contribution is -2.66. The topological polar surface area (TPSA) is 94.8 Å². The number of hydrogen-bond acceptors (Lipinski definition) is 4. The van der Waals surface area contributed by atoms with Crippen LogP contribution < -0.4 is 0 Å². The predicted molar refractivity (Wildman–Crippen MR) is 134 cm³/mol. The Labute approximate surface area is 210 Å². The molecule has 5 aliphatic rings. The van der Waals surface area contributed by atoms with Crippen LogP contribution in [0, 0.1) is 50.2 Å². The maximum absolute atomic E-state index is 12.8. The number of aldehydes is 1. The summed E-state index contributed by atoms with van der Waals surface area (Å²) >= 11 is 0. The molecule has 0 amide bonds. The number of hydrogen-bond donors (Lipinski definition) is 3. The molecular formula is C30H46O5. The molecular weight excluding hydrogens is 440 g/mol. The van der Waals surface area contributed by atoms with Crippen molar-refractivity contribution < 1.29 is 24.9 Å². The Morgan fingerprint density at radius 1 is 0.914 bits per heavy atom. The van der Waals surface area contributed by atoms with Crippen molar-refractivity contribution in [3.8, 4) is 0 Å². The highest BCUT2D eigenvalue weighted by Crippen LogP contribution is 2.75. The van der Waals surface area contributed by atoms with Crippen molar-refractivity contribution in [2.24, 2.45) is 50.2 Å². The first kappa shape index (κ1) is 25.4. The van der Waals surface area contributed by atoms with Gasteiger partial charge in [-0.25, -0.2) is 0 Å². The van der Waals surface area contributed by atoms with E-state index in [1.54, 1.807) is 0 Å². The Balaban J connectivity index is 1.61. The molecule has 0 heterocycles. The van der Waals surface area contributed by atoms with Crippen LogP contribution in [0.4, 0.5) is 0 Å². The van der Waals surface area contributed by atoms with Crippen LogP contribution in [0.25, 0.3) is 0 Å². The minimum absolute atomic E-state index is 0.0132. The van der Waals surface area contributed by atoms with Crippen molar-refractivity contribution in [3.63, 3.8) is 0 Å². The third-order valence-corrected chi connectivity index (χ3v) is 13.2. The largest absolute Gasteiger partial charge is 0.481 e. The molecule has 5 heteroatoms. The average Bonchev–Trinajstić information content (AvgIpc) is 2.78. The van der Waals surface area contributed by atoms with E-state index in [0.29, 0.717) is 31.6 Å². The highest BCUT2D eigenvalue weighted by atomic mass is 16.4.